The van der Waals surface area contributed by atoms with E-state index in [-0.39, 0.29) is 18.2 Å². The van der Waals surface area contributed by atoms with Crippen molar-refractivity contribution in [1.29, 1.82) is 0 Å². The molecule has 0 bridgehead atoms. The van der Waals surface area contributed by atoms with Crippen LogP contribution in [0.1, 0.15) is 175 Å². The molecule has 0 aromatic heterocycles. The molecular formula is C32H62O3. The number of aliphatic hydroxyl groups is 1. The summed E-state index contributed by atoms with van der Waals surface area (Å²) in [6, 6.07) is 0. The first-order valence-electron chi connectivity index (χ1n) is 15.6. The Morgan fingerprint density at radius 1 is 0.629 bits per heavy atom. The van der Waals surface area contributed by atoms with Crippen molar-refractivity contribution in [1.82, 2.24) is 0 Å². The highest BCUT2D eigenvalue weighted by molar-refractivity contribution is 5.66. The van der Waals surface area contributed by atoms with Crippen LogP contribution >= 0.6 is 0 Å². The third-order valence-electron chi connectivity index (χ3n) is 7.08. The SMILES string of the molecule is CCCCCCCCCCCCC(O)CCCCCCC/C=C\CC(CCCCCC)OC(C)=O. The van der Waals surface area contributed by atoms with Crippen LogP contribution in [0.5, 0.6) is 0 Å². The molecule has 0 spiro atoms. The summed E-state index contributed by atoms with van der Waals surface area (Å²) in [5, 5.41) is 10.2. The Balaban J connectivity index is 3.51. The first-order valence-corrected chi connectivity index (χ1v) is 15.6. The van der Waals surface area contributed by atoms with E-state index in [1.807, 2.05) is 0 Å². The summed E-state index contributed by atoms with van der Waals surface area (Å²) in [7, 11) is 0. The predicted molar refractivity (Wildman–Crippen MR) is 153 cm³/mol. The molecule has 3 nitrogen and oxygen atoms in total. The highest BCUT2D eigenvalue weighted by Gasteiger charge is 2.09. The lowest BCUT2D eigenvalue weighted by Gasteiger charge is -2.15. The van der Waals surface area contributed by atoms with E-state index in [9.17, 15) is 9.90 Å². The van der Waals surface area contributed by atoms with Gasteiger partial charge in [-0.1, -0.05) is 135 Å². The summed E-state index contributed by atoms with van der Waals surface area (Å²) in [6.45, 7) is 6.01. The zero-order valence-corrected chi connectivity index (χ0v) is 24.0. The number of ether oxygens (including phenoxy) is 1. The quantitative estimate of drug-likeness (QED) is 0.0701. The van der Waals surface area contributed by atoms with Crippen LogP contribution in [0.3, 0.4) is 0 Å². The van der Waals surface area contributed by atoms with Crippen LogP contribution in [0.15, 0.2) is 12.2 Å². The zero-order valence-electron chi connectivity index (χ0n) is 24.0. The Bertz CT molecular complexity index is 460. The fourth-order valence-corrected chi connectivity index (χ4v) is 4.81. The molecule has 0 saturated carbocycles. The summed E-state index contributed by atoms with van der Waals surface area (Å²) >= 11 is 0. The van der Waals surface area contributed by atoms with Gasteiger partial charge in [0.1, 0.15) is 6.10 Å². The molecule has 2 unspecified atom stereocenters. The van der Waals surface area contributed by atoms with Gasteiger partial charge in [-0.2, -0.15) is 0 Å². The zero-order chi connectivity index (χ0) is 25.8. The Labute approximate surface area is 219 Å². The number of hydrogen-bond donors (Lipinski definition) is 1. The smallest absolute Gasteiger partial charge is 0.302 e. The minimum Gasteiger partial charge on any atom is -0.462 e. The topological polar surface area (TPSA) is 46.5 Å². The molecule has 0 aliphatic rings. The van der Waals surface area contributed by atoms with Gasteiger partial charge in [-0.15, -0.1) is 0 Å². The lowest BCUT2D eigenvalue weighted by atomic mass is 10.0. The van der Waals surface area contributed by atoms with Crippen molar-refractivity contribution < 1.29 is 14.6 Å². The molecule has 0 aromatic carbocycles. The second-order valence-corrected chi connectivity index (χ2v) is 10.8. The van der Waals surface area contributed by atoms with Crippen molar-refractivity contribution in [3.63, 3.8) is 0 Å². The fraction of sp³-hybridized carbons (Fsp3) is 0.906. The Morgan fingerprint density at radius 3 is 1.57 bits per heavy atom. The van der Waals surface area contributed by atoms with E-state index in [4.69, 9.17) is 4.74 Å². The standard InChI is InChI=1S/C32H62O3/c1-4-6-8-10-11-12-13-16-19-22-26-31(34)27-23-20-17-14-15-18-21-25-29-32(35-30(3)33)28-24-9-7-5-2/h21,25,31-32,34H,4-20,22-24,26-29H2,1-3H3/b25-21-. The molecule has 0 aliphatic heterocycles. The number of hydrogen-bond acceptors (Lipinski definition) is 3. The van der Waals surface area contributed by atoms with E-state index < -0.39 is 0 Å². The number of aliphatic hydroxyl groups excluding tert-OH is 1. The minimum atomic E-state index is -0.160. The Kier molecular flexibility index (Phi) is 27.1. The average molecular weight is 495 g/mol. The van der Waals surface area contributed by atoms with Crippen LogP contribution in [-0.4, -0.2) is 23.3 Å². The van der Waals surface area contributed by atoms with Crippen molar-refractivity contribution in [2.75, 3.05) is 0 Å². The van der Waals surface area contributed by atoms with Crippen molar-refractivity contribution in [3.8, 4) is 0 Å². The third-order valence-corrected chi connectivity index (χ3v) is 7.08. The normalized spacial score (nSPS) is 13.4. The van der Waals surface area contributed by atoms with Crippen LogP contribution < -0.4 is 0 Å². The molecule has 0 aliphatic carbocycles. The molecule has 0 fully saturated rings. The van der Waals surface area contributed by atoms with Crippen molar-refractivity contribution >= 4 is 5.97 Å². The van der Waals surface area contributed by atoms with Gasteiger partial charge in [0, 0.05) is 13.3 Å². The van der Waals surface area contributed by atoms with Crippen LogP contribution in [0, 0.1) is 0 Å². The summed E-state index contributed by atoms with van der Waals surface area (Å²) in [4.78, 5) is 11.3. The number of rotatable bonds is 27. The van der Waals surface area contributed by atoms with E-state index in [1.165, 1.54) is 116 Å². The van der Waals surface area contributed by atoms with Crippen molar-refractivity contribution in [2.24, 2.45) is 0 Å². The molecule has 1 N–H and O–H groups in total. The molecule has 2 atom stereocenters. The van der Waals surface area contributed by atoms with Gasteiger partial charge in [-0.05, 0) is 38.5 Å². The average Bonchev–Trinajstić information content (AvgIpc) is 2.83. The number of carbonyl (C=O) groups is 1. The van der Waals surface area contributed by atoms with Crippen molar-refractivity contribution in [3.05, 3.63) is 12.2 Å². The lowest BCUT2D eigenvalue weighted by Crippen LogP contribution is -2.15. The third kappa shape index (κ3) is 27.6. The lowest BCUT2D eigenvalue weighted by molar-refractivity contribution is -0.146. The van der Waals surface area contributed by atoms with Gasteiger partial charge < -0.3 is 9.84 Å². The maximum absolute atomic E-state index is 11.3. The van der Waals surface area contributed by atoms with Crippen LogP contribution in [-0.2, 0) is 9.53 Å². The Hall–Kier alpha value is -0.830. The van der Waals surface area contributed by atoms with Gasteiger partial charge in [-0.3, -0.25) is 4.79 Å². The van der Waals surface area contributed by atoms with Gasteiger partial charge >= 0.3 is 5.97 Å². The summed E-state index contributed by atoms with van der Waals surface area (Å²) in [5.74, 6) is -0.160. The molecule has 35 heavy (non-hydrogen) atoms. The highest BCUT2D eigenvalue weighted by atomic mass is 16.5. The first kappa shape index (κ1) is 34.2. The van der Waals surface area contributed by atoms with Crippen LogP contribution in [0.2, 0.25) is 0 Å². The molecule has 0 radical (unpaired) electrons. The van der Waals surface area contributed by atoms with E-state index in [1.54, 1.807) is 0 Å². The predicted octanol–water partition coefficient (Wildman–Crippen LogP) is 10.2. The minimum absolute atomic E-state index is 0.0485. The maximum Gasteiger partial charge on any atom is 0.302 e. The number of esters is 1. The summed E-state index contributed by atoms with van der Waals surface area (Å²) < 4.78 is 5.47. The molecule has 208 valence electrons. The van der Waals surface area contributed by atoms with E-state index in [2.05, 4.69) is 26.0 Å². The molecular weight excluding hydrogens is 432 g/mol. The largest absolute Gasteiger partial charge is 0.462 e. The van der Waals surface area contributed by atoms with Gasteiger partial charge in [0.05, 0.1) is 6.10 Å². The van der Waals surface area contributed by atoms with E-state index in [0.29, 0.717) is 0 Å². The molecule has 0 amide bonds. The maximum atomic E-state index is 11.3. The second kappa shape index (κ2) is 27.8. The monoisotopic (exact) mass is 494 g/mol. The number of carbonyl (C=O) groups excluding carboxylic acids is 1. The molecule has 0 rings (SSSR count). The van der Waals surface area contributed by atoms with Crippen LogP contribution in [0.25, 0.3) is 0 Å². The van der Waals surface area contributed by atoms with E-state index >= 15 is 0 Å². The number of unbranched alkanes of at least 4 members (excludes halogenated alkanes) is 17. The molecule has 0 heterocycles. The van der Waals surface area contributed by atoms with E-state index in [0.717, 1.165) is 44.9 Å². The van der Waals surface area contributed by atoms with Gasteiger partial charge in [0.25, 0.3) is 0 Å². The number of allylic oxidation sites excluding steroid dienone is 1. The van der Waals surface area contributed by atoms with Crippen LogP contribution in [0.4, 0.5) is 0 Å². The molecule has 3 heteroatoms. The summed E-state index contributed by atoms with van der Waals surface area (Å²) in [6.07, 6.45) is 34.0. The second-order valence-electron chi connectivity index (χ2n) is 10.8. The Morgan fingerprint density at radius 2 is 1.06 bits per heavy atom. The van der Waals surface area contributed by atoms with Gasteiger partial charge in [-0.25, -0.2) is 0 Å². The van der Waals surface area contributed by atoms with Gasteiger partial charge in [0.15, 0.2) is 0 Å². The molecule has 0 saturated heterocycles. The highest BCUT2D eigenvalue weighted by Crippen LogP contribution is 2.16. The summed E-state index contributed by atoms with van der Waals surface area (Å²) in [5.41, 5.74) is 0. The van der Waals surface area contributed by atoms with Gasteiger partial charge in [0.2, 0.25) is 0 Å². The molecule has 0 aromatic rings. The first-order chi connectivity index (χ1) is 17.1. The van der Waals surface area contributed by atoms with Crippen molar-refractivity contribution in [2.45, 2.75) is 187 Å². The fourth-order valence-electron chi connectivity index (χ4n) is 4.81.